The third kappa shape index (κ3) is 3.07. The van der Waals surface area contributed by atoms with Gasteiger partial charge in [-0.05, 0) is 56.7 Å². The van der Waals surface area contributed by atoms with E-state index in [1.54, 1.807) is 17.2 Å². The lowest BCUT2D eigenvalue weighted by atomic mass is 9.84. The molecule has 3 atom stereocenters. The van der Waals surface area contributed by atoms with Gasteiger partial charge >= 0.3 is 0 Å². The van der Waals surface area contributed by atoms with Crippen LogP contribution < -0.4 is 10.2 Å². The Hall–Kier alpha value is -3.02. The summed E-state index contributed by atoms with van der Waals surface area (Å²) in [5, 5.41) is 3.33. The fourth-order valence-electron chi connectivity index (χ4n) is 5.42. The van der Waals surface area contributed by atoms with Crippen LogP contribution in [-0.2, 0) is 11.3 Å². The molecule has 2 amide bonds. The Kier molecular flexibility index (Phi) is 4.91. The summed E-state index contributed by atoms with van der Waals surface area (Å²) in [6.07, 6.45) is 6.08. The maximum atomic E-state index is 13.9. The number of furan rings is 1. The van der Waals surface area contributed by atoms with Crippen LogP contribution in [-0.4, -0.2) is 28.0 Å². The lowest BCUT2D eigenvalue weighted by molar-refractivity contribution is -0.127. The molecule has 6 nitrogen and oxygen atoms in total. The first kappa shape index (κ1) is 20.9. The zero-order valence-electron chi connectivity index (χ0n) is 19.3. The van der Waals surface area contributed by atoms with E-state index in [2.05, 4.69) is 12.2 Å². The summed E-state index contributed by atoms with van der Waals surface area (Å²) >= 11 is 0. The largest absolute Gasteiger partial charge is 0.463 e. The molecule has 6 heteroatoms. The molecule has 1 saturated carbocycles. The summed E-state index contributed by atoms with van der Waals surface area (Å²) < 4.78 is 7.51. The molecule has 1 aliphatic heterocycles. The van der Waals surface area contributed by atoms with Gasteiger partial charge in [0.05, 0.1) is 18.3 Å². The number of fused-ring (bicyclic) bond motifs is 3. The Balaban J connectivity index is 1.63. The van der Waals surface area contributed by atoms with E-state index in [9.17, 15) is 9.59 Å². The first-order valence-corrected chi connectivity index (χ1v) is 11.6. The van der Waals surface area contributed by atoms with Gasteiger partial charge in [-0.15, -0.1) is 0 Å². The van der Waals surface area contributed by atoms with E-state index < -0.39 is 5.54 Å². The molecule has 1 N–H and O–H groups in total. The number of aryl methyl sites for hydroxylation is 1. The Labute approximate surface area is 188 Å². The molecule has 0 unspecified atom stereocenters. The van der Waals surface area contributed by atoms with Gasteiger partial charge in [-0.2, -0.15) is 0 Å². The van der Waals surface area contributed by atoms with Crippen LogP contribution in [0.4, 0.5) is 5.69 Å². The Morgan fingerprint density at radius 3 is 2.75 bits per heavy atom. The molecule has 0 radical (unpaired) electrons. The fraction of sp³-hybridized carbons (Fsp3) is 0.462. The number of hydrogen-bond donors (Lipinski definition) is 1. The molecule has 3 aromatic rings. The van der Waals surface area contributed by atoms with Gasteiger partial charge in [-0.1, -0.05) is 31.9 Å². The number of rotatable bonds is 3. The predicted octanol–water partition coefficient (Wildman–Crippen LogP) is 4.97. The van der Waals surface area contributed by atoms with E-state index in [1.807, 2.05) is 49.6 Å². The summed E-state index contributed by atoms with van der Waals surface area (Å²) in [6, 6.07) is 9.72. The standard InChI is InChI=1S/C26H31N3O3/c1-16-9-7-11-20(18(16)3)29-24(30)22-14-23-21(12-13-32-23)28(22)15-26(29,4)25(31)27-19-10-6-5-8-17(19)2/h7,9,11-14,17,19H,5-6,8,10,15H2,1-4H3,(H,27,31)/t17-,19+,26-/m1/s1. The van der Waals surface area contributed by atoms with Crippen molar-refractivity contribution < 1.29 is 14.0 Å². The topological polar surface area (TPSA) is 67.5 Å². The zero-order valence-corrected chi connectivity index (χ0v) is 19.3. The molecule has 1 aliphatic carbocycles. The number of nitrogens with zero attached hydrogens (tertiary/aromatic N) is 2. The normalized spacial score (nSPS) is 25.8. The van der Waals surface area contributed by atoms with Crippen LogP contribution in [0, 0.1) is 19.8 Å². The number of carbonyl (C=O) groups is 2. The van der Waals surface area contributed by atoms with Crippen molar-refractivity contribution in [3.8, 4) is 0 Å². The SMILES string of the molecule is Cc1cccc(N2C(=O)c3cc4occc4n3C[C@]2(C)C(=O)N[C@H]2CCCC[C@H]2C)c1C. The van der Waals surface area contributed by atoms with E-state index in [4.69, 9.17) is 4.42 Å². The van der Waals surface area contributed by atoms with Crippen molar-refractivity contribution in [1.82, 2.24) is 9.88 Å². The van der Waals surface area contributed by atoms with Gasteiger partial charge in [0.2, 0.25) is 5.91 Å². The quantitative estimate of drug-likeness (QED) is 0.634. The van der Waals surface area contributed by atoms with E-state index in [-0.39, 0.29) is 17.9 Å². The molecule has 32 heavy (non-hydrogen) atoms. The lowest BCUT2D eigenvalue weighted by Crippen LogP contribution is -2.66. The molecule has 2 aromatic heterocycles. The highest BCUT2D eigenvalue weighted by atomic mass is 16.3. The third-order valence-electron chi connectivity index (χ3n) is 7.64. The highest BCUT2D eigenvalue weighted by Gasteiger charge is 2.50. The number of nitrogens with one attached hydrogen (secondary N) is 1. The van der Waals surface area contributed by atoms with E-state index >= 15 is 0 Å². The number of anilines is 1. The van der Waals surface area contributed by atoms with Crippen LogP contribution in [0.15, 0.2) is 41.0 Å². The Morgan fingerprint density at radius 2 is 1.97 bits per heavy atom. The van der Waals surface area contributed by atoms with Gasteiger partial charge in [-0.3, -0.25) is 14.5 Å². The number of amides is 2. The second kappa shape index (κ2) is 7.54. The van der Waals surface area contributed by atoms with Crippen LogP contribution in [0.5, 0.6) is 0 Å². The first-order chi connectivity index (χ1) is 15.3. The molecule has 3 heterocycles. The minimum Gasteiger partial charge on any atom is -0.463 e. The molecule has 168 valence electrons. The van der Waals surface area contributed by atoms with Gasteiger partial charge in [-0.25, -0.2) is 0 Å². The summed E-state index contributed by atoms with van der Waals surface area (Å²) in [5.41, 5.74) is 3.88. The molecule has 0 bridgehead atoms. The molecule has 1 fully saturated rings. The van der Waals surface area contributed by atoms with Crippen molar-refractivity contribution in [2.24, 2.45) is 5.92 Å². The van der Waals surface area contributed by atoms with E-state index in [0.29, 0.717) is 23.7 Å². The van der Waals surface area contributed by atoms with Gasteiger partial charge in [0.1, 0.15) is 11.2 Å². The smallest absolute Gasteiger partial charge is 0.276 e. The van der Waals surface area contributed by atoms with Gasteiger partial charge < -0.3 is 14.3 Å². The Morgan fingerprint density at radius 1 is 1.19 bits per heavy atom. The molecular formula is C26H31N3O3. The minimum absolute atomic E-state index is 0.0958. The van der Waals surface area contributed by atoms with Crippen LogP contribution >= 0.6 is 0 Å². The average molecular weight is 434 g/mol. The summed E-state index contributed by atoms with van der Waals surface area (Å²) in [4.78, 5) is 29.5. The summed E-state index contributed by atoms with van der Waals surface area (Å²) in [5.74, 6) is 0.166. The maximum absolute atomic E-state index is 13.9. The highest BCUT2D eigenvalue weighted by molar-refractivity contribution is 6.14. The molecular weight excluding hydrogens is 402 g/mol. The van der Waals surface area contributed by atoms with E-state index in [0.717, 1.165) is 41.6 Å². The predicted molar refractivity (Wildman–Crippen MR) is 125 cm³/mol. The second-order valence-electron chi connectivity index (χ2n) is 9.76. The van der Waals surface area contributed by atoms with Crippen LogP contribution in [0.2, 0.25) is 0 Å². The fourth-order valence-corrected chi connectivity index (χ4v) is 5.42. The summed E-state index contributed by atoms with van der Waals surface area (Å²) in [6.45, 7) is 8.52. The summed E-state index contributed by atoms with van der Waals surface area (Å²) in [7, 11) is 0. The number of aromatic nitrogens is 1. The first-order valence-electron chi connectivity index (χ1n) is 11.6. The second-order valence-corrected chi connectivity index (χ2v) is 9.76. The van der Waals surface area contributed by atoms with Crippen molar-refractivity contribution >= 4 is 28.6 Å². The maximum Gasteiger partial charge on any atom is 0.276 e. The number of hydrogen-bond acceptors (Lipinski definition) is 3. The lowest BCUT2D eigenvalue weighted by Gasteiger charge is -2.45. The minimum atomic E-state index is -1.07. The van der Waals surface area contributed by atoms with Crippen LogP contribution in [0.25, 0.3) is 11.1 Å². The van der Waals surface area contributed by atoms with Gasteiger partial charge in [0.15, 0.2) is 5.58 Å². The van der Waals surface area contributed by atoms with Crippen molar-refractivity contribution in [2.75, 3.05) is 4.90 Å². The van der Waals surface area contributed by atoms with Crippen molar-refractivity contribution in [1.29, 1.82) is 0 Å². The van der Waals surface area contributed by atoms with Crippen molar-refractivity contribution in [3.05, 3.63) is 53.4 Å². The van der Waals surface area contributed by atoms with Gasteiger partial charge in [0, 0.05) is 23.9 Å². The average Bonchev–Trinajstić information content (AvgIpc) is 3.35. The van der Waals surface area contributed by atoms with Crippen molar-refractivity contribution in [2.45, 2.75) is 71.5 Å². The number of carbonyl (C=O) groups excluding carboxylic acids is 2. The third-order valence-corrected chi connectivity index (χ3v) is 7.64. The van der Waals surface area contributed by atoms with E-state index in [1.165, 1.54) is 6.42 Å². The monoisotopic (exact) mass is 433 g/mol. The number of benzene rings is 1. The molecule has 2 aliphatic rings. The zero-order chi connectivity index (χ0) is 22.6. The van der Waals surface area contributed by atoms with Gasteiger partial charge in [0.25, 0.3) is 5.91 Å². The molecule has 1 aromatic carbocycles. The Bertz CT molecular complexity index is 1210. The van der Waals surface area contributed by atoms with Crippen LogP contribution in [0.1, 0.15) is 61.1 Å². The molecule has 0 saturated heterocycles. The van der Waals surface area contributed by atoms with Crippen molar-refractivity contribution in [3.63, 3.8) is 0 Å². The highest BCUT2D eigenvalue weighted by Crippen LogP contribution is 2.38. The molecule has 0 spiro atoms. The van der Waals surface area contributed by atoms with Crippen LogP contribution in [0.3, 0.4) is 0 Å². The molecule has 5 rings (SSSR count).